The highest BCUT2D eigenvalue weighted by molar-refractivity contribution is 7.91. The minimum atomic E-state index is -3.37. The van der Waals surface area contributed by atoms with Gasteiger partial charge in [-0.2, -0.15) is 5.10 Å². The first kappa shape index (κ1) is 12.8. The first-order valence-electron chi connectivity index (χ1n) is 5.10. The zero-order valence-electron chi connectivity index (χ0n) is 9.98. The Morgan fingerprint density at radius 2 is 2.06 bits per heavy atom. The van der Waals surface area contributed by atoms with E-state index in [1.54, 1.807) is 0 Å². The van der Waals surface area contributed by atoms with Gasteiger partial charge in [-0.05, 0) is 20.8 Å². The topological polar surface area (TPSA) is 90.0 Å². The highest BCUT2D eigenvalue weighted by Crippen LogP contribution is 2.27. The maximum atomic E-state index is 11.6. The number of nitrogen functional groups attached to an aromatic ring is 1. The highest BCUT2D eigenvalue weighted by atomic mass is 32.2. The van der Waals surface area contributed by atoms with Gasteiger partial charge >= 0.3 is 0 Å². The molecule has 0 fully saturated rings. The summed E-state index contributed by atoms with van der Waals surface area (Å²) in [6, 6.07) is 0.0973. The maximum Gasteiger partial charge on any atom is 0.182 e. The third-order valence-corrected chi connectivity index (χ3v) is 3.19. The fourth-order valence-corrected chi connectivity index (χ4v) is 2.37. The van der Waals surface area contributed by atoms with Crippen LogP contribution in [0.25, 0.3) is 0 Å². The van der Waals surface area contributed by atoms with Gasteiger partial charge in [-0.25, -0.2) is 13.1 Å². The van der Waals surface area contributed by atoms with Crippen molar-refractivity contribution in [2.75, 3.05) is 17.3 Å². The number of rotatable bonds is 4. The van der Waals surface area contributed by atoms with Crippen molar-refractivity contribution in [2.24, 2.45) is 0 Å². The third kappa shape index (κ3) is 2.46. The molecule has 0 spiro atoms. The SMILES string of the molecule is CCn1nc(NC(C)C)c(S(C)(=O)=O)c1N. The van der Waals surface area contributed by atoms with Crippen molar-refractivity contribution in [1.29, 1.82) is 0 Å². The van der Waals surface area contributed by atoms with Crippen LogP contribution in [0.2, 0.25) is 0 Å². The molecule has 0 saturated heterocycles. The summed E-state index contributed by atoms with van der Waals surface area (Å²) >= 11 is 0. The summed E-state index contributed by atoms with van der Waals surface area (Å²) in [6.45, 7) is 6.21. The second kappa shape index (κ2) is 4.32. The van der Waals surface area contributed by atoms with Crippen LogP contribution < -0.4 is 11.1 Å². The van der Waals surface area contributed by atoms with Crippen LogP contribution >= 0.6 is 0 Å². The van der Waals surface area contributed by atoms with Crippen LogP contribution in [0.3, 0.4) is 0 Å². The molecule has 6 nitrogen and oxygen atoms in total. The van der Waals surface area contributed by atoms with E-state index in [1.807, 2.05) is 20.8 Å². The highest BCUT2D eigenvalue weighted by Gasteiger charge is 2.23. The lowest BCUT2D eigenvalue weighted by Crippen LogP contribution is -2.13. The van der Waals surface area contributed by atoms with E-state index in [0.717, 1.165) is 6.26 Å². The number of sulfone groups is 1. The summed E-state index contributed by atoms with van der Waals surface area (Å²) in [5, 5.41) is 7.12. The maximum absolute atomic E-state index is 11.6. The molecule has 0 aliphatic rings. The van der Waals surface area contributed by atoms with Crippen LogP contribution in [0.5, 0.6) is 0 Å². The van der Waals surface area contributed by atoms with Crippen molar-refractivity contribution in [3.63, 3.8) is 0 Å². The summed E-state index contributed by atoms with van der Waals surface area (Å²) in [7, 11) is -3.37. The first-order chi connectivity index (χ1) is 7.27. The van der Waals surface area contributed by atoms with Crippen molar-refractivity contribution in [3.05, 3.63) is 0 Å². The standard InChI is InChI=1S/C9H18N4O2S/c1-5-13-8(10)7(16(4,14)15)9(12-13)11-6(2)3/h6H,5,10H2,1-4H3,(H,11,12). The van der Waals surface area contributed by atoms with E-state index in [4.69, 9.17) is 5.73 Å². The second-order valence-electron chi connectivity index (χ2n) is 3.95. The molecule has 3 N–H and O–H groups in total. The van der Waals surface area contributed by atoms with Gasteiger partial charge in [-0.15, -0.1) is 0 Å². The Balaban J connectivity index is 3.37. The molecule has 0 amide bonds. The second-order valence-corrected chi connectivity index (χ2v) is 5.90. The lowest BCUT2D eigenvalue weighted by molar-refractivity contribution is 0.602. The van der Waals surface area contributed by atoms with Crippen molar-refractivity contribution in [2.45, 2.75) is 38.3 Å². The Morgan fingerprint density at radius 1 is 1.50 bits per heavy atom. The number of aryl methyl sites for hydroxylation is 1. The lowest BCUT2D eigenvalue weighted by atomic mass is 10.4. The predicted octanol–water partition coefficient (Wildman–Crippen LogP) is 0.709. The summed E-state index contributed by atoms with van der Waals surface area (Å²) in [5.41, 5.74) is 5.76. The number of hydrogen-bond acceptors (Lipinski definition) is 5. The van der Waals surface area contributed by atoms with Crippen LogP contribution in [-0.2, 0) is 16.4 Å². The minimum absolute atomic E-state index is 0.0862. The quantitative estimate of drug-likeness (QED) is 0.816. The molecule has 0 aliphatic heterocycles. The monoisotopic (exact) mass is 246 g/mol. The number of nitrogens with zero attached hydrogens (tertiary/aromatic N) is 2. The molecule has 16 heavy (non-hydrogen) atoms. The number of nitrogens with two attached hydrogens (primary N) is 1. The average Bonchev–Trinajstić information content (AvgIpc) is 2.39. The van der Waals surface area contributed by atoms with E-state index in [0.29, 0.717) is 12.4 Å². The van der Waals surface area contributed by atoms with Crippen molar-refractivity contribution < 1.29 is 8.42 Å². The Kier molecular flexibility index (Phi) is 3.47. The molecule has 0 saturated carbocycles. The van der Waals surface area contributed by atoms with E-state index < -0.39 is 9.84 Å². The van der Waals surface area contributed by atoms with Gasteiger partial charge in [0.1, 0.15) is 5.82 Å². The van der Waals surface area contributed by atoms with Gasteiger partial charge in [-0.1, -0.05) is 0 Å². The zero-order chi connectivity index (χ0) is 12.5. The van der Waals surface area contributed by atoms with E-state index >= 15 is 0 Å². The van der Waals surface area contributed by atoms with Gasteiger partial charge in [0.2, 0.25) is 0 Å². The molecule has 1 rings (SSSR count). The molecule has 0 aromatic carbocycles. The van der Waals surface area contributed by atoms with Gasteiger partial charge in [0, 0.05) is 18.8 Å². The molecule has 0 atom stereocenters. The van der Waals surface area contributed by atoms with Gasteiger partial charge in [0.05, 0.1) is 0 Å². The van der Waals surface area contributed by atoms with E-state index in [9.17, 15) is 8.42 Å². The number of anilines is 2. The Morgan fingerprint density at radius 3 is 2.44 bits per heavy atom. The zero-order valence-corrected chi connectivity index (χ0v) is 10.8. The fraction of sp³-hybridized carbons (Fsp3) is 0.667. The van der Waals surface area contributed by atoms with Gasteiger partial charge in [0.15, 0.2) is 20.6 Å². The smallest absolute Gasteiger partial charge is 0.182 e. The molecule has 1 aromatic heterocycles. The van der Waals surface area contributed by atoms with Crippen LogP contribution in [0, 0.1) is 0 Å². The number of aromatic nitrogens is 2. The van der Waals surface area contributed by atoms with E-state index in [-0.39, 0.29) is 16.8 Å². The third-order valence-electron chi connectivity index (χ3n) is 2.04. The molecular weight excluding hydrogens is 228 g/mol. The Hall–Kier alpha value is -1.24. The van der Waals surface area contributed by atoms with Crippen molar-refractivity contribution in [3.8, 4) is 0 Å². The Labute approximate surface area is 95.7 Å². The van der Waals surface area contributed by atoms with Crippen LogP contribution in [0.1, 0.15) is 20.8 Å². The first-order valence-corrected chi connectivity index (χ1v) is 6.99. The van der Waals surface area contributed by atoms with Gasteiger partial charge in [0.25, 0.3) is 0 Å². The largest absolute Gasteiger partial charge is 0.383 e. The van der Waals surface area contributed by atoms with Crippen LogP contribution in [0.4, 0.5) is 11.6 Å². The summed E-state index contributed by atoms with van der Waals surface area (Å²) in [4.78, 5) is 0.0862. The molecule has 1 heterocycles. The van der Waals surface area contributed by atoms with Crippen LogP contribution in [-0.4, -0.2) is 30.5 Å². The average molecular weight is 246 g/mol. The predicted molar refractivity (Wildman–Crippen MR) is 64.2 cm³/mol. The number of hydrogen-bond donors (Lipinski definition) is 2. The molecule has 0 aliphatic carbocycles. The summed E-state index contributed by atoms with van der Waals surface area (Å²) in [6.07, 6.45) is 1.13. The van der Waals surface area contributed by atoms with Crippen molar-refractivity contribution >= 4 is 21.5 Å². The molecule has 0 radical (unpaired) electrons. The summed E-state index contributed by atoms with van der Waals surface area (Å²) in [5.74, 6) is 0.519. The normalized spacial score (nSPS) is 12.1. The van der Waals surface area contributed by atoms with Crippen molar-refractivity contribution in [1.82, 2.24) is 9.78 Å². The van der Waals surface area contributed by atoms with E-state index in [2.05, 4.69) is 10.4 Å². The minimum Gasteiger partial charge on any atom is -0.383 e. The van der Waals surface area contributed by atoms with Gasteiger partial charge in [-0.3, -0.25) is 0 Å². The fourth-order valence-electron chi connectivity index (χ4n) is 1.43. The molecule has 0 unspecified atom stereocenters. The Bertz CT molecular complexity index is 476. The molecule has 0 bridgehead atoms. The van der Waals surface area contributed by atoms with Crippen LogP contribution in [0.15, 0.2) is 4.90 Å². The van der Waals surface area contributed by atoms with Gasteiger partial charge < -0.3 is 11.1 Å². The van der Waals surface area contributed by atoms with E-state index in [1.165, 1.54) is 4.68 Å². The molecule has 7 heteroatoms. The molecule has 1 aromatic rings. The summed E-state index contributed by atoms with van der Waals surface area (Å²) < 4.78 is 24.7. The lowest BCUT2D eigenvalue weighted by Gasteiger charge is -2.07. The number of nitrogens with one attached hydrogen (secondary N) is 1. The molecular formula is C9H18N4O2S. The molecule has 92 valence electrons.